The number of fused-ring (bicyclic) bond motifs is 4. The number of hydrogen-bond acceptors (Lipinski definition) is 4. The van der Waals surface area contributed by atoms with Gasteiger partial charge in [0.2, 0.25) is 5.89 Å². The van der Waals surface area contributed by atoms with E-state index in [0.29, 0.717) is 5.89 Å². The van der Waals surface area contributed by atoms with E-state index in [1.54, 1.807) is 0 Å². The summed E-state index contributed by atoms with van der Waals surface area (Å²) in [7, 11) is -0.433. The zero-order chi connectivity index (χ0) is 29.4. The summed E-state index contributed by atoms with van der Waals surface area (Å²) < 4.78 is 19.1. The van der Waals surface area contributed by atoms with E-state index in [1.165, 1.54) is 27.8 Å². The van der Waals surface area contributed by atoms with Crippen LogP contribution in [-0.4, -0.2) is 23.3 Å². The fraction of sp³-hybridized carbons (Fsp3) is 0.184. The third kappa shape index (κ3) is 3.81. The smallest absolute Gasteiger partial charge is 0.436 e. The predicted molar refractivity (Wildman–Crippen MR) is 172 cm³/mol. The molecule has 43 heavy (non-hydrogen) atoms. The van der Waals surface area contributed by atoms with Crippen molar-refractivity contribution in [1.29, 1.82) is 0 Å². The quantitative estimate of drug-likeness (QED) is 0.204. The van der Waals surface area contributed by atoms with Crippen molar-refractivity contribution in [1.82, 2.24) is 4.98 Å². The molecule has 0 N–H and O–H groups in total. The molecule has 4 nitrogen and oxygen atoms in total. The van der Waals surface area contributed by atoms with Gasteiger partial charge in [0.25, 0.3) is 0 Å². The number of rotatable bonds is 4. The SMILES string of the molecule is CC1(C)OB(c2ccc3c(c2)-c2ccccc2C3(c2ccccc2)c2ccc3oc(-c4ccccc4)nc3c2)OC1(C)C. The normalized spacial score (nSPS) is 19.9. The third-order valence-electron chi connectivity index (χ3n) is 9.64. The summed E-state index contributed by atoms with van der Waals surface area (Å²) in [5.74, 6) is 0.626. The Morgan fingerprint density at radius 3 is 1.98 bits per heavy atom. The first-order chi connectivity index (χ1) is 20.8. The number of hydrogen-bond donors (Lipinski definition) is 0. The van der Waals surface area contributed by atoms with Crippen molar-refractivity contribution >= 4 is 23.7 Å². The molecule has 1 unspecified atom stereocenters. The zero-order valence-corrected chi connectivity index (χ0v) is 24.8. The summed E-state index contributed by atoms with van der Waals surface area (Å²) in [5, 5.41) is 0. The molecule has 1 aromatic heterocycles. The third-order valence-corrected chi connectivity index (χ3v) is 9.64. The molecule has 0 amide bonds. The average molecular weight is 561 g/mol. The van der Waals surface area contributed by atoms with E-state index in [0.717, 1.165) is 27.7 Å². The number of benzene rings is 5. The lowest BCUT2D eigenvalue weighted by molar-refractivity contribution is 0.00578. The Balaban J connectivity index is 1.35. The van der Waals surface area contributed by atoms with Crippen LogP contribution in [0.5, 0.6) is 0 Å². The van der Waals surface area contributed by atoms with E-state index < -0.39 is 23.7 Å². The van der Waals surface area contributed by atoms with Gasteiger partial charge in [0.15, 0.2) is 5.58 Å². The molecule has 1 fully saturated rings. The Morgan fingerprint density at radius 1 is 0.581 bits per heavy atom. The molecular weight excluding hydrogens is 529 g/mol. The molecule has 0 bridgehead atoms. The maximum atomic E-state index is 6.47. The van der Waals surface area contributed by atoms with Crippen molar-refractivity contribution in [3.05, 3.63) is 144 Å². The van der Waals surface area contributed by atoms with Crippen LogP contribution < -0.4 is 5.46 Å². The minimum absolute atomic E-state index is 0.409. The van der Waals surface area contributed by atoms with Crippen molar-refractivity contribution in [3.8, 4) is 22.6 Å². The molecule has 5 heteroatoms. The molecule has 0 spiro atoms. The Hall–Kier alpha value is -4.45. The van der Waals surface area contributed by atoms with E-state index in [1.807, 2.05) is 30.3 Å². The monoisotopic (exact) mass is 561 g/mol. The van der Waals surface area contributed by atoms with Gasteiger partial charge in [-0.05, 0) is 90.8 Å². The lowest BCUT2D eigenvalue weighted by Crippen LogP contribution is -2.41. The largest absolute Gasteiger partial charge is 0.494 e. The molecule has 1 aliphatic heterocycles. The molecule has 0 saturated carbocycles. The van der Waals surface area contributed by atoms with Gasteiger partial charge in [0, 0.05) is 5.56 Å². The molecular formula is C38H32BNO3. The maximum absolute atomic E-state index is 6.47. The maximum Gasteiger partial charge on any atom is 0.494 e. The Kier molecular flexibility index (Phi) is 5.65. The van der Waals surface area contributed by atoms with Crippen molar-refractivity contribution in [2.24, 2.45) is 0 Å². The molecule has 5 aromatic carbocycles. The zero-order valence-electron chi connectivity index (χ0n) is 24.8. The van der Waals surface area contributed by atoms with E-state index in [9.17, 15) is 0 Å². The molecule has 1 atom stereocenters. The first-order valence-electron chi connectivity index (χ1n) is 14.9. The number of nitrogens with zero attached hydrogens (tertiary/aromatic N) is 1. The van der Waals surface area contributed by atoms with E-state index in [-0.39, 0.29) is 0 Å². The molecule has 1 saturated heterocycles. The summed E-state index contributed by atoms with van der Waals surface area (Å²) in [5.41, 5.74) is 9.47. The standard InChI is InChI=1S/C38H32BNO3/c1-36(2)37(3,4)43-39(42-36)28-20-21-32-30(24-28)29-17-11-12-18-31(29)38(32,26-15-9-6-10-16-26)27-19-22-34-33(23-27)40-35(41-34)25-13-7-5-8-14-25/h5-24H,1-4H3. The van der Waals surface area contributed by atoms with Crippen molar-refractivity contribution in [2.75, 3.05) is 0 Å². The van der Waals surface area contributed by atoms with Crippen LogP contribution in [0.1, 0.15) is 49.9 Å². The van der Waals surface area contributed by atoms with Crippen LogP contribution in [0.25, 0.3) is 33.7 Å². The highest BCUT2D eigenvalue weighted by atomic mass is 16.7. The number of oxazole rings is 1. The van der Waals surface area contributed by atoms with E-state index in [4.69, 9.17) is 18.7 Å². The van der Waals surface area contributed by atoms with Gasteiger partial charge in [-0.1, -0.05) is 97.1 Å². The summed E-state index contributed by atoms with van der Waals surface area (Å²) in [6.45, 7) is 8.39. The van der Waals surface area contributed by atoms with Gasteiger partial charge in [0.1, 0.15) is 5.52 Å². The lowest BCUT2D eigenvalue weighted by Gasteiger charge is -2.33. The summed E-state index contributed by atoms with van der Waals surface area (Å²) in [4.78, 5) is 4.95. The van der Waals surface area contributed by atoms with Crippen LogP contribution in [0.15, 0.2) is 126 Å². The first kappa shape index (κ1) is 26.2. The van der Waals surface area contributed by atoms with Crippen LogP contribution in [0, 0.1) is 0 Å². The van der Waals surface area contributed by atoms with Crippen LogP contribution in [0.3, 0.4) is 0 Å². The first-order valence-corrected chi connectivity index (χ1v) is 14.9. The van der Waals surface area contributed by atoms with Gasteiger partial charge >= 0.3 is 7.12 Å². The predicted octanol–water partition coefficient (Wildman–Crippen LogP) is 8.16. The second-order valence-corrected chi connectivity index (χ2v) is 12.6. The highest BCUT2D eigenvalue weighted by Crippen LogP contribution is 2.56. The van der Waals surface area contributed by atoms with Crippen LogP contribution in [-0.2, 0) is 14.7 Å². The van der Waals surface area contributed by atoms with E-state index in [2.05, 4.69) is 119 Å². The topological polar surface area (TPSA) is 44.5 Å². The minimum atomic E-state index is -0.540. The molecule has 2 aliphatic rings. The molecule has 6 aromatic rings. The van der Waals surface area contributed by atoms with Gasteiger partial charge in [0.05, 0.1) is 16.6 Å². The molecule has 0 radical (unpaired) electrons. The Bertz CT molecular complexity index is 1980. The highest BCUT2D eigenvalue weighted by molar-refractivity contribution is 6.62. The molecule has 1 aliphatic carbocycles. The average Bonchev–Trinajstić information content (AvgIpc) is 3.65. The Labute approximate surface area is 252 Å². The van der Waals surface area contributed by atoms with Gasteiger partial charge in [-0.15, -0.1) is 0 Å². The number of aromatic nitrogens is 1. The summed E-state index contributed by atoms with van der Waals surface area (Å²) in [6.07, 6.45) is 0. The molecule has 2 heterocycles. The fourth-order valence-corrected chi connectivity index (χ4v) is 6.77. The lowest BCUT2D eigenvalue weighted by atomic mass is 9.67. The second kappa shape index (κ2) is 9.28. The molecule has 210 valence electrons. The summed E-state index contributed by atoms with van der Waals surface area (Å²) in [6, 6.07) is 42.8. The minimum Gasteiger partial charge on any atom is -0.436 e. The van der Waals surface area contributed by atoms with Gasteiger partial charge in [-0.2, -0.15) is 0 Å². The second-order valence-electron chi connectivity index (χ2n) is 12.6. The van der Waals surface area contributed by atoms with Gasteiger partial charge in [-0.3, -0.25) is 0 Å². The van der Waals surface area contributed by atoms with Crippen LogP contribution in [0.4, 0.5) is 0 Å². The van der Waals surface area contributed by atoms with Crippen LogP contribution in [0.2, 0.25) is 0 Å². The van der Waals surface area contributed by atoms with Gasteiger partial charge < -0.3 is 13.7 Å². The van der Waals surface area contributed by atoms with Crippen molar-refractivity contribution in [2.45, 2.75) is 44.3 Å². The van der Waals surface area contributed by atoms with Gasteiger partial charge in [-0.25, -0.2) is 4.98 Å². The highest BCUT2D eigenvalue weighted by Gasteiger charge is 2.52. The van der Waals surface area contributed by atoms with Crippen molar-refractivity contribution in [3.63, 3.8) is 0 Å². The van der Waals surface area contributed by atoms with E-state index >= 15 is 0 Å². The fourth-order valence-electron chi connectivity index (χ4n) is 6.77. The Morgan fingerprint density at radius 2 is 1.23 bits per heavy atom. The van der Waals surface area contributed by atoms with Crippen LogP contribution >= 0.6 is 0 Å². The van der Waals surface area contributed by atoms with Crippen molar-refractivity contribution < 1.29 is 13.7 Å². The molecule has 8 rings (SSSR count). The summed E-state index contributed by atoms with van der Waals surface area (Å²) >= 11 is 0.